The lowest BCUT2D eigenvalue weighted by Crippen LogP contribution is -2.55. The highest BCUT2D eigenvalue weighted by atomic mass is 16.5. The Labute approximate surface area is 144 Å². The summed E-state index contributed by atoms with van der Waals surface area (Å²) in [6, 6.07) is 1.56. The van der Waals surface area contributed by atoms with E-state index in [9.17, 15) is 14.4 Å². The van der Waals surface area contributed by atoms with Gasteiger partial charge in [0.25, 0.3) is 11.7 Å². The third-order valence-electron chi connectivity index (χ3n) is 4.47. The van der Waals surface area contributed by atoms with Crippen LogP contribution in [-0.2, 0) is 20.9 Å². The lowest BCUT2D eigenvalue weighted by molar-refractivity contribution is -0.134. The van der Waals surface area contributed by atoms with Gasteiger partial charge in [-0.2, -0.15) is 0 Å². The molecule has 132 valence electrons. The SMILES string of the molecule is COCc1ccnc2[nH]cc(C(=O)C(=O)N3CCN(C=O)C[C@H]3C)c12. The zero-order chi connectivity index (χ0) is 18.0. The number of hydrogen-bond acceptors (Lipinski definition) is 5. The van der Waals surface area contributed by atoms with E-state index in [0.29, 0.717) is 42.8 Å². The first kappa shape index (κ1) is 17.1. The average molecular weight is 344 g/mol. The van der Waals surface area contributed by atoms with E-state index in [-0.39, 0.29) is 6.04 Å². The van der Waals surface area contributed by atoms with Crippen LogP contribution in [0.5, 0.6) is 0 Å². The molecule has 0 radical (unpaired) electrons. The number of amides is 2. The van der Waals surface area contributed by atoms with Gasteiger partial charge in [-0.05, 0) is 18.6 Å². The van der Waals surface area contributed by atoms with Gasteiger partial charge in [-0.1, -0.05) is 0 Å². The van der Waals surface area contributed by atoms with Crippen LogP contribution in [0.4, 0.5) is 0 Å². The van der Waals surface area contributed by atoms with Gasteiger partial charge in [0.1, 0.15) is 5.65 Å². The molecule has 0 spiro atoms. The van der Waals surface area contributed by atoms with Crippen LogP contribution < -0.4 is 0 Å². The van der Waals surface area contributed by atoms with Gasteiger partial charge in [-0.15, -0.1) is 0 Å². The molecule has 0 saturated carbocycles. The third kappa shape index (κ3) is 3.12. The molecule has 8 heteroatoms. The maximum absolute atomic E-state index is 12.8. The number of aromatic nitrogens is 2. The summed E-state index contributed by atoms with van der Waals surface area (Å²) < 4.78 is 5.17. The molecule has 0 aliphatic carbocycles. The molecule has 1 N–H and O–H groups in total. The van der Waals surface area contributed by atoms with Gasteiger partial charge in [0, 0.05) is 50.6 Å². The number of nitrogens with one attached hydrogen (secondary N) is 1. The van der Waals surface area contributed by atoms with Gasteiger partial charge < -0.3 is 19.5 Å². The molecule has 3 rings (SSSR count). The molecule has 2 aromatic heterocycles. The van der Waals surface area contributed by atoms with Crippen LogP contribution in [0.25, 0.3) is 11.0 Å². The van der Waals surface area contributed by atoms with Crippen molar-refractivity contribution in [3.05, 3.63) is 29.6 Å². The number of carbonyl (C=O) groups is 3. The molecule has 1 atom stereocenters. The fourth-order valence-corrected chi connectivity index (χ4v) is 3.21. The Kier molecular flexibility index (Phi) is 4.80. The second kappa shape index (κ2) is 7.02. The first-order valence-electron chi connectivity index (χ1n) is 8.05. The minimum atomic E-state index is -0.581. The molecule has 2 amide bonds. The highest BCUT2D eigenvalue weighted by Crippen LogP contribution is 2.23. The summed E-state index contributed by atoms with van der Waals surface area (Å²) in [7, 11) is 1.57. The van der Waals surface area contributed by atoms with Gasteiger partial charge in [0.05, 0.1) is 12.2 Å². The molecule has 3 heterocycles. The molecule has 1 saturated heterocycles. The van der Waals surface area contributed by atoms with Gasteiger partial charge in [0.15, 0.2) is 0 Å². The fraction of sp³-hybridized carbons (Fsp3) is 0.412. The van der Waals surface area contributed by atoms with Crippen LogP contribution in [0.1, 0.15) is 22.8 Å². The van der Waals surface area contributed by atoms with E-state index in [1.165, 1.54) is 11.1 Å². The van der Waals surface area contributed by atoms with Crippen molar-refractivity contribution in [3.63, 3.8) is 0 Å². The molecular formula is C17H20N4O4. The van der Waals surface area contributed by atoms with Crippen LogP contribution in [0, 0.1) is 0 Å². The van der Waals surface area contributed by atoms with Gasteiger partial charge in [0.2, 0.25) is 6.41 Å². The van der Waals surface area contributed by atoms with E-state index >= 15 is 0 Å². The number of ether oxygens (including phenoxy) is 1. The van der Waals surface area contributed by atoms with E-state index in [2.05, 4.69) is 9.97 Å². The summed E-state index contributed by atoms with van der Waals surface area (Å²) in [5.41, 5.74) is 1.64. The molecule has 1 aliphatic heterocycles. The molecular weight excluding hydrogens is 324 g/mol. The number of rotatable bonds is 5. The van der Waals surface area contributed by atoms with Gasteiger partial charge in [-0.3, -0.25) is 14.4 Å². The van der Waals surface area contributed by atoms with Crippen molar-refractivity contribution in [2.45, 2.75) is 19.6 Å². The average Bonchev–Trinajstić information content (AvgIpc) is 3.05. The highest BCUT2D eigenvalue weighted by Gasteiger charge is 2.32. The van der Waals surface area contributed by atoms with Crippen molar-refractivity contribution in [2.75, 3.05) is 26.7 Å². The normalized spacial score (nSPS) is 17.8. The fourth-order valence-electron chi connectivity index (χ4n) is 3.21. The lowest BCUT2D eigenvalue weighted by Gasteiger charge is -2.37. The predicted molar refractivity (Wildman–Crippen MR) is 89.9 cm³/mol. The number of nitrogens with zero attached hydrogens (tertiary/aromatic N) is 3. The second-order valence-electron chi connectivity index (χ2n) is 6.11. The van der Waals surface area contributed by atoms with Crippen molar-refractivity contribution < 1.29 is 19.1 Å². The van der Waals surface area contributed by atoms with Crippen LogP contribution in [0.2, 0.25) is 0 Å². The van der Waals surface area contributed by atoms with Gasteiger partial charge >= 0.3 is 0 Å². The highest BCUT2D eigenvalue weighted by molar-refractivity contribution is 6.45. The Balaban J connectivity index is 1.89. The predicted octanol–water partition coefficient (Wildman–Crippen LogP) is 0.581. The molecule has 2 aromatic rings. The Morgan fingerprint density at radius 2 is 2.24 bits per heavy atom. The molecule has 0 aromatic carbocycles. The smallest absolute Gasteiger partial charge is 0.295 e. The number of hydrogen-bond donors (Lipinski definition) is 1. The molecule has 1 aliphatic rings. The quantitative estimate of drug-likeness (QED) is 0.486. The molecule has 8 nitrogen and oxygen atoms in total. The maximum atomic E-state index is 12.8. The summed E-state index contributed by atoms with van der Waals surface area (Å²) in [4.78, 5) is 46.7. The molecule has 25 heavy (non-hydrogen) atoms. The summed E-state index contributed by atoms with van der Waals surface area (Å²) in [5, 5.41) is 0.613. The Bertz CT molecular complexity index is 816. The van der Waals surface area contributed by atoms with Gasteiger partial charge in [-0.25, -0.2) is 4.98 Å². The van der Waals surface area contributed by atoms with E-state index < -0.39 is 11.7 Å². The third-order valence-corrected chi connectivity index (χ3v) is 4.47. The monoisotopic (exact) mass is 344 g/mol. The first-order valence-corrected chi connectivity index (χ1v) is 8.05. The number of methoxy groups -OCH3 is 1. The number of fused-ring (bicyclic) bond motifs is 1. The molecule has 0 bridgehead atoms. The number of Topliss-reactive ketones (excluding diaryl/α,β-unsaturated/α-hetero) is 1. The Morgan fingerprint density at radius 1 is 1.44 bits per heavy atom. The van der Waals surface area contributed by atoms with Crippen LogP contribution >= 0.6 is 0 Å². The summed E-state index contributed by atoms with van der Waals surface area (Å²) in [5.74, 6) is -1.14. The maximum Gasteiger partial charge on any atom is 0.295 e. The summed E-state index contributed by atoms with van der Waals surface area (Å²) in [6.45, 7) is 3.34. The Morgan fingerprint density at radius 3 is 2.92 bits per heavy atom. The number of aromatic amines is 1. The Hall–Kier alpha value is -2.74. The molecule has 0 unspecified atom stereocenters. The zero-order valence-corrected chi connectivity index (χ0v) is 14.2. The van der Waals surface area contributed by atoms with Crippen molar-refractivity contribution >= 4 is 29.1 Å². The van der Waals surface area contributed by atoms with E-state index in [1.807, 2.05) is 6.92 Å². The minimum Gasteiger partial charge on any atom is -0.380 e. The van der Waals surface area contributed by atoms with Crippen LogP contribution in [-0.4, -0.2) is 70.7 Å². The number of pyridine rings is 1. The number of piperazine rings is 1. The van der Waals surface area contributed by atoms with E-state index in [0.717, 1.165) is 12.0 Å². The van der Waals surface area contributed by atoms with Crippen molar-refractivity contribution in [2.24, 2.45) is 0 Å². The first-order chi connectivity index (χ1) is 12.1. The summed E-state index contributed by atoms with van der Waals surface area (Å²) >= 11 is 0. The van der Waals surface area contributed by atoms with Crippen molar-refractivity contribution in [1.29, 1.82) is 0 Å². The molecule has 1 fully saturated rings. The number of carbonyl (C=O) groups excluding carboxylic acids is 3. The topological polar surface area (TPSA) is 95.6 Å². The standard InChI is InChI=1S/C17H20N4O4/c1-11-8-20(10-22)5-6-21(11)17(24)15(23)13-7-19-16-14(13)12(9-25-2)3-4-18-16/h3-4,7,10-11H,5-6,8-9H2,1-2H3,(H,18,19)/t11-/m1/s1. The minimum absolute atomic E-state index is 0.211. The van der Waals surface area contributed by atoms with Crippen LogP contribution in [0.15, 0.2) is 18.5 Å². The van der Waals surface area contributed by atoms with Crippen LogP contribution in [0.3, 0.4) is 0 Å². The lowest BCUT2D eigenvalue weighted by atomic mass is 10.0. The van der Waals surface area contributed by atoms with Crippen molar-refractivity contribution in [3.8, 4) is 0 Å². The summed E-state index contributed by atoms with van der Waals surface area (Å²) in [6.07, 6.45) is 3.91. The van der Waals surface area contributed by atoms with E-state index in [1.54, 1.807) is 24.3 Å². The second-order valence-corrected chi connectivity index (χ2v) is 6.11. The largest absolute Gasteiger partial charge is 0.380 e. The van der Waals surface area contributed by atoms with E-state index in [4.69, 9.17) is 4.74 Å². The number of ketones is 1. The number of H-pyrrole nitrogens is 1. The zero-order valence-electron chi connectivity index (χ0n) is 14.2. The van der Waals surface area contributed by atoms with Crippen molar-refractivity contribution in [1.82, 2.24) is 19.8 Å².